The number of ether oxygens (including phenoxy) is 3. The van der Waals surface area contributed by atoms with Crippen LogP contribution in [0.2, 0.25) is 0 Å². The van der Waals surface area contributed by atoms with Gasteiger partial charge >= 0.3 is 0 Å². The molecule has 0 spiro atoms. The van der Waals surface area contributed by atoms with Crippen molar-refractivity contribution in [2.24, 2.45) is 0 Å². The Morgan fingerprint density at radius 1 is 1.18 bits per heavy atom. The summed E-state index contributed by atoms with van der Waals surface area (Å²) >= 11 is 0. The second-order valence-electron chi connectivity index (χ2n) is 4.93. The van der Waals surface area contributed by atoms with Gasteiger partial charge in [0.15, 0.2) is 11.5 Å². The first kappa shape index (κ1) is 16.7. The Kier molecular flexibility index (Phi) is 5.38. The van der Waals surface area contributed by atoms with E-state index >= 15 is 0 Å². The van der Waals surface area contributed by atoms with Crippen LogP contribution >= 0.6 is 0 Å². The molecule has 1 aliphatic heterocycles. The smallest absolute Gasteiger partial charge is 0.229 e. The fraction of sp³-hybridized carbons (Fsp3) is 0.467. The third kappa shape index (κ3) is 3.23. The average Bonchev–Trinajstić information content (AvgIpc) is 2.55. The van der Waals surface area contributed by atoms with Crippen molar-refractivity contribution in [3.8, 4) is 11.5 Å². The largest absolute Gasteiger partial charge is 0.493 e. The molecule has 0 bridgehead atoms. The summed E-state index contributed by atoms with van der Waals surface area (Å²) in [5.74, 6) is 0.687. The van der Waals surface area contributed by atoms with E-state index in [2.05, 4.69) is 6.58 Å². The zero-order chi connectivity index (χ0) is 16.3. The summed E-state index contributed by atoms with van der Waals surface area (Å²) in [7, 11) is 1.46. The quantitative estimate of drug-likeness (QED) is 0.581. The Morgan fingerprint density at radius 2 is 1.91 bits per heavy atom. The monoisotopic (exact) mass is 312 g/mol. The van der Waals surface area contributed by atoms with Gasteiger partial charge in [-0.15, -0.1) is 0 Å². The molecule has 0 aromatic heterocycles. The molecule has 1 saturated heterocycles. The molecule has 1 aliphatic rings. The summed E-state index contributed by atoms with van der Waals surface area (Å²) in [4.78, 5) is 0. The molecule has 22 heavy (non-hydrogen) atoms. The zero-order valence-corrected chi connectivity index (χ0v) is 12.1. The van der Waals surface area contributed by atoms with Gasteiger partial charge in [0.05, 0.1) is 13.7 Å². The van der Waals surface area contributed by atoms with E-state index in [1.807, 2.05) is 0 Å². The zero-order valence-electron chi connectivity index (χ0n) is 12.1. The van der Waals surface area contributed by atoms with Gasteiger partial charge in [0.2, 0.25) is 6.29 Å². The number of rotatable bonds is 5. The minimum absolute atomic E-state index is 0.289. The van der Waals surface area contributed by atoms with Crippen molar-refractivity contribution in [1.82, 2.24) is 0 Å². The minimum Gasteiger partial charge on any atom is -0.493 e. The predicted molar refractivity (Wildman–Crippen MR) is 77.5 cm³/mol. The molecule has 1 aromatic carbocycles. The van der Waals surface area contributed by atoms with Gasteiger partial charge < -0.3 is 34.6 Å². The fourth-order valence-corrected chi connectivity index (χ4v) is 2.20. The molecule has 1 heterocycles. The van der Waals surface area contributed by atoms with E-state index in [-0.39, 0.29) is 5.75 Å². The maximum atomic E-state index is 9.95. The van der Waals surface area contributed by atoms with Gasteiger partial charge in [-0.25, -0.2) is 0 Å². The molecular weight excluding hydrogens is 292 g/mol. The molecule has 5 atom stereocenters. The summed E-state index contributed by atoms with van der Waals surface area (Å²) in [5, 5.41) is 38.6. The van der Waals surface area contributed by atoms with Crippen LogP contribution in [0.15, 0.2) is 24.8 Å². The predicted octanol–water partition coefficient (Wildman–Crippen LogP) is -0.483. The average molecular weight is 312 g/mol. The van der Waals surface area contributed by atoms with Gasteiger partial charge in [-0.2, -0.15) is 0 Å². The molecule has 7 nitrogen and oxygen atoms in total. The van der Waals surface area contributed by atoms with Crippen LogP contribution in [0.1, 0.15) is 5.56 Å². The molecule has 1 unspecified atom stereocenters. The number of aliphatic hydroxyl groups excluding tert-OH is 4. The van der Waals surface area contributed by atoms with Crippen LogP contribution in [0.3, 0.4) is 0 Å². The van der Waals surface area contributed by atoms with Crippen LogP contribution in [0, 0.1) is 0 Å². The summed E-state index contributed by atoms with van der Waals surface area (Å²) in [6, 6.07) is 5.03. The molecule has 0 saturated carbocycles. The van der Waals surface area contributed by atoms with E-state index in [0.717, 1.165) is 5.56 Å². The van der Waals surface area contributed by atoms with Gasteiger partial charge in [0.1, 0.15) is 24.4 Å². The van der Waals surface area contributed by atoms with Crippen LogP contribution in [0.25, 0.3) is 6.08 Å². The molecule has 7 heteroatoms. The van der Waals surface area contributed by atoms with Crippen molar-refractivity contribution in [3.05, 3.63) is 30.3 Å². The van der Waals surface area contributed by atoms with Gasteiger partial charge in [0, 0.05) is 0 Å². The SMILES string of the molecule is C=Cc1ccc(OC2O[C@H](CO)[C@@H](O)[C@H](O)[C@H]2O)c(OC)c1. The fourth-order valence-electron chi connectivity index (χ4n) is 2.20. The molecule has 1 aromatic rings. The summed E-state index contributed by atoms with van der Waals surface area (Å²) in [6.45, 7) is 3.14. The standard InChI is InChI=1S/C15H20O7/c1-3-8-4-5-9(10(6-8)20-2)21-15-14(19)13(18)12(17)11(7-16)22-15/h3-6,11-19H,1,7H2,2H3/t11-,12-,13+,14-,15?/m1/s1. The number of aliphatic hydroxyl groups is 4. The molecule has 1 fully saturated rings. The van der Waals surface area contributed by atoms with Crippen molar-refractivity contribution < 1.29 is 34.6 Å². The van der Waals surface area contributed by atoms with E-state index in [9.17, 15) is 15.3 Å². The van der Waals surface area contributed by atoms with Crippen molar-refractivity contribution >= 4 is 6.08 Å². The molecule has 122 valence electrons. The van der Waals surface area contributed by atoms with Crippen molar-refractivity contribution in [2.75, 3.05) is 13.7 Å². The van der Waals surface area contributed by atoms with Crippen LogP contribution in [-0.2, 0) is 4.74 Å². The number of benzene rings is 1. The van der Waals surface area contributed by atoms with Crippen molar-refractivity contribution in [2.45, 2.75) is 30.7 Å². The number of hydrogen-bond acceptors (Lipinski definition) is 7. The highest BCUT2D eigenvalue weighted by Crippen LogP contribution is 2.32. The van der Waals surface area contributed by atoms with E-state index < -0.39 is 37.3 Å². The third-order valence-corrected chi connectivity index (χ3v) is 3.51. The highest BCUT2D eigenvalue weighted by molar-refractivity contribution is 5.54. The van der Waals surface area contributed by atoms with Gasteiger partial charge in [0.25, 0.3) is 0 Å². The maximum Gasteiger partial charge on any atom is 0.229 e. The number of methoxy groups -OCH3 is 1. The van der Waals surface area contributed by atoms with Gasteiger partial charge in [-0.1, -0.05) is 18.7 Å². The van der Waals surface area contributed by atoms with Crippen LogP contribution in [0.4, 0.5) is 0 Å². The Hall–Kier alpha value is -1.64. The van der Waals surface area contributed by atoms with Crippen molar-refractivity contribution in [1.29, 1.82) is 0 Å². The minimum atomic E-state index is -1.49. The molecule has 0 amide bonds. The summed E-state index contributed by atoms with van der Waals surface area (Å²) < 4.78 is 16.0. The van der Waals surface area contributed by atoms with E-state index in [4.69, 9.17) is 19.3 Å². The topological polar surface area (TPSA) is 109 Å². The molecule has 2 rings (SSSR count). The molecular formula is C15H20O7. The highest BCUT2D eigenvalue weighted by atomic mass is 16.7. The summed E-state index contributed by atoms with van der Waals surface area (Å²) in [6.07, 6.45) is -5.03. The second kappa shape index (κ2) is 7.08. The third-order valence-electron chi connectivity index (χ3n) is 3.51. The van der Waals surface area contributed by atoms with Crippen molar-refractivity contribution in [3.63, 3.8) is 0 Å². The van der Waals surface area contributed by atoms with E-state index in [0.29, 0.717) is 5.75 Å². The lowest BCUT2D eigenvalue weighted by Crippen LogP contribution is -2.60. The summed E-state index contributed by atoms with van der Waals surface area (Å²) in [5.41, 5.74) is 0.818. The maximum absolute atomic E-state index is 9.95. The Balaban J connectivity index is 2.20. The molecule has 0 radical (unpaired) electrons. The van der Waals surface area contributed by atoms with E-state index in [1.54, 1.807) is 24.3 Å². The normalized spacial score (nSPS) is 31.6. The molecule has 4 N–H and O–H groups in total. The Morgan fingerprint density at radius 3 is 2.50 bits per heavy atom. The molecule has 0 aliphatic carbocycles. The Bertz CT molecular complexity index is 517. The van der Waals surface area contributed by atoms with Crippen LogP contribution in [0.5, 0.6) is 11.5 Å². The first-order chi connectivity index (χ1) is 10.5. The van der Waals surface area contributed by atoms with Gasteiger partial charge in [-0.3, -0.25) is 0 Å². The first-order valence-corrected chi connectivity index (χ1v) is 6.79. The lowest BCUT2D eigenvalue weighted by molar-refractivity contribution is -0.277. The van der Waals surface area contributed by atoms with Crippen LogP contribution < -0.4 is 9.47 Å². The first-order valence-electron chi connectivity index (χ1n) is 6.79. The number of hydrogen-bond donors (Lipinski definition) is 4. The highest BCUT2D eigenvalue weighted by Gasteiger charge is 2.44. The Labute approximate surface area is 128 Å². The lowest BCUT2D eigenvalue weighted by Gasteiger charge is -2.39. The van der Waals surface area contributed by atoms with Gasteiger partial charge in [-0.05, 0) is 17.7 Å². The van der Waals surface area contributed by atoms with E-state index in [1.165, 1.54) is 7.11 Å². The van der Waals surface area contributed by atoms with Crippen LogP contribution in [-0.4, -0.2) is 64.8 Å². The second-order valence-corrected chi connectivity index (χ2v) is 4.93. The lowest BCUT2D eigenvalue weighted by atomic mass is 9.99.